The Balaban J connectivity index is 0.000000179. The van der Waals surface area contributed by atoms with E-state index >= 15 is 0 Å². The summed E-state index contributed by atoms with van der Waals surface area (Å²) >= 11 is 0. The molecule has 0 aliphatic heterocycles. The normalized spacial score (nSPS) is 20.3. The summed E-state index contributed by atoms with van der Waals surface area (Å²) < 4.78 is 85.0. The molecule has 10 atom stereocenters. The summed E-state index contributed by atoms with van der Waals surface area (Å²) in [6.45, 7) is 5.64. The Bertz CT molecular complexity index is 4830. The first kappa shape index (κ1) is 76.1. The van der Waals surface area contributed by atoms with E-state index in [1.54, 1.807) is 64.7 Å². The number of nitrogens with one attached hydrogen (secondary N) is 3. The molecule has 6 heterocycles. The minimum absolute atomic E-state index is 0.173. The molecule has 11 rings (SSSR count). The first-order valence-electron chi connectivity index (χ1n) is 31.6. The van der Waals surface area contributed by atoms with E-state index in [4.69, 9.17) is 21.8 Å². The highest BCUT2D eigenvalue weighted by Gasteiger charge is 2.38. The number of nitrogens with zero attached hydrogens (tertiary/aromatic N) is 12. The van der Waals surface area contributed by atoms with Crippen molar-refractivity contribution in [2.75, 3.05) is 35.8 Å². The van der Waals surface area contributed by atoms with E-state index < -0.39 is 67.0 Å². The summed E-state index contributed by atoms with van der Waals surface area (Å²) in [5.74, 6) is 12.8. The van der Waals surface area contributed by atoms with Gasteiger partial charge < -0.3 is 31.3 Å². The molecule has 33 nitrogen and oxygen atoms in total. The van der Waals surface area contributed by atoms with Crippen molar-refractivity contribution in [3.63, 3.8) is 0 Å². The number of nitrogens with two attached hydrogens (primary N) is 3. The van der Waals surface area contributed by atoms with Gasteiger partial charge in [-0.05, 0) is 113 Å². The maximum absolute atomic E-state index is 13.2. The van der Waals surface area contributed by atoms with Crippen LogP contribution in [0.2, 0.25) is 0 Å². The van der Waals surface area contributed by atoms with E-state index in [0.717, 1.165) is 22.3 Å². The van der Waals surface area contributed by atoms with Gasteiger partial charge in [0.15, 0.2) is 0 Å². The Morgan fingerprint density at radius 1 is 0.549 bits per heavy atom. The van der Waals surface area contributed by atoms with Gasteiger partial charge in [-0.2, -0.15) is 40.5 Å². The second-order valence-electron chi connectivity index (χ2n) is 24.1. The maximum Gasteiger partial charge on any atom is 0.333 e. The fourth-order valence-electron chi connectivity index (χ4n) is 11.7. The van der Waals surface area contributed by atoms with Crippen molar-refractivity contribution in [2.45, 2.75) is 115 Å². The minimum Gasteiger partial charge on any atom is -0.393 e. The van der Waals surface area contributed by atoms with E-state index in [1.165, 1.54) is 37.6 Å². The van der Waals surface area contributed by atoms with Crippen LogP contribution in [-0.2, 0) is 56.6 Å². The van der Waals surface area contributed by atoms with E-state index in [9.17, 15) is 55.0 Å². The largest absolute Gasteiger partial charge is 0.393 e. The molecule has 8 aromatic rings. The van der Waals surface area contributed by atoms with Crippen LogP contribution in [0, 0.1) is 53.8 Å². The van der Waals surface area contributed by atoms with Gasteiger partial charge in [0.1, 0.15) is 59.6 Å². The smallest absolute Gasteiger partial charge is 0.333 e. The summed E-state index contributed by atoms with van der Waals surface area (Å²) in [5, 5.41) is 67.9. The molecule has 3 aliphatic rings. The Kier molecular flexibility index (Phi) is 25.7. The van der Waals surface area contributed by atoms with E-state index in [1.807, 2.05) is 55.5 Å². The summed E-state index contributed by atoms with van der Waals surface area (Å²) in [6, 6.07) is 19.2. The highest BCUT2D eigenvalue weighted by atomic mass is 32.2. The predicted molar refractivity (Wildman–Crippen MR) is 368 cm³/mol. The molecule has 102 heavy (non-hydrogen) atoms. The molecular formula is C66H74N18O15S3. The Morgan fingerprint density at radius 3 is 1.29 bits per heavy atom. The van der Waals surface area contributed by atoms with Crippen molar-refractivity contribution in [3.8, 4) is 36.0 Å². The van der Waals surface area contributed by atoms with Crippen molar-refractivity contribution in [3.05, 3.63) is 179 Å². The number of hydrogen-bond donors (Lipinski definition) is 9. The van der Waals surface area contributed by atoms with Gasteiger partial charge in [-0.15, -0.1) is 18.3 Å². The highest BCUT2D eigenvalue weighted by molar-refractivity contribution is 7.84. The zero-order valence-corrected chi connectivity index (χ0v) is 57.7. The van der Waals surface area contributed by atoms with Crippen LogP contribution in [-0.4, -0.2) is 173 Å². The molecule has 6 aromatic heterocycles. The van der Waals surface area contributed by atoms with Crippen molar-refractivity contribution >= 4 is 65.7 Å². The second-order valence-corrected chi connectivity index (χ2v) is 27.7. The number of hydrogen-bond acceptors (Lipinski definition) is 27. The number of aliphatic hydroxyl groups is 3. The van der Waals surface area contributed by atoms with Gasteiger partial charge in [0, 0.05) is 84.2 Å². The molecule has 3 fully saturated rings. The van der Waals surface area contributed by atoms with Crippen molar-refractivity contribution < 1.29 is 67.5 Å². The zero-order valence-electron chi connectivity index (χ0n) is 55.2. The zero-order chi connectivity index (χ0) is 73.3. The van der Waals surface area contributed by atoms with Crippen LogP contribution in [0.5, 0.6) is 0 Å². The van der Waals surface area contributed by atoms with Gasteiger partial charge in [0.25, 0.3) is 0 Å². The van der Waals surface area contributed by atoms with Crippen LogP contribution in [0.3, 0.4) is 0 Å². The Hall–Kier alpha value is -10.1. The van der Waals surface area contributed by atoms with Crippen molar-refractivity contribution in [2.24, 2.45) is 33.2 Å². The lowest BCUT2D eigenvalue weighted by Gasteiger charge is -2.15. The predicted octanol–water partition coefficient (Wildman–Crippen LogP) is 2.06. The lowest BCUT2D eigenvalue weighted by Crippen LogP contribution is -2.24. The summed E-state index contributed by atoms with van der Waals surface area (Å²) in [6.07, 6.45) is 18.6. The molecule has 3 saturated carbocycles. The van der Waals surface area contributed by atoms with E-state index in [0.29, 0.717) is 69.1 Å². The molecule has 536 valence electrons. The number of carbonyl (C=O) groups excluding carboxylic acids is 3. The van der Waals surface area contributed by atoms with Crippen molar-refractivity contribution in [1.82, 2.24) is 59.2 Å². The third-order valence-electron chi connectivity index (χ3n) is 16.5. The molecule has 0 bridgehead atoms. The second kappa shape index (κ2) is 34.5. The summed E-state index contributed by atoms with van der Waals surface area (Å²) in [5.41, 5.74) is 5.02. The number of ketones is 3. The topological polar surface area (TPSA) is 487 Å². The Labute approximate surface area is 588 Å². The third-order valence-corrected chi connectivity index (χ3v) is 17.9. The van der Waals surface area contributed by atoms with Crippen LogP contribution in [0.1, 0.15) is 136 Å². The molecule has 3 aliphatic carbocycles. The number of benzene rings is 2. The first-order valence-corrected chi connectivity index (χ1v) is 36.0. The highest BCUT2D eigenvalue weighted by Crippen LogP contribution is 2.33. The number of anilines is 3. The summed E-state index contributed by atoms with van der Waals surface area (Å²) in [4.78, 5) is 63.9. The van der Waals surface area contributed by atoms with Crippen LogP contribution < -0.4 is 31.4 Å². The number of carbonyl (C=O) groups is 3. The van der Waals surface area contributed by atoms with Gasteiger partial charge >= 0.3 is 30.9 Å². The van der Waals surface area contributed by atoms with Crippen LogP contribution in [0.15, 0.2) is 123 Å². The number of aliphatic hydroxyl groups excluding tert-OH is 3. The molecule has 12 N–H and O–H groups in total. The quantitative estimate of drug-likeness (QED) is 0.0277. The van der Waals surface area contributed by atoms with Gasteiger partial charge in [-0.3, -0.25) is 41.0 Å². The molecule has 0 radical (unpaired) electrons. The maximum atomic E-state index is 13.2. The van der Waals surface area contributed by atoms with E-state index in [2.05, 4.69) is 103 Å². The fourth-order valence-corrected chi connectivity index (χ4v) is 12.8. The summed E-state index contributed by atoms with van der Waals surface area (Å²) in [7, 11) is -12.3. The lowest BCUT2D eigenvalue weighted by molar-refractivity contribution is 0.100. The van der Waals surface area contributed by atoms with Crippen LogP contribution >= 0.6 is 0 Å². The van der Waals surface area contributed by atoms with Gasteiger partial charge in [0.05, 0.1) is 67.9 Å². The molecule has 1 unspecified atom stereocenters. The minimum atomic E-state index is -4.10. The molecule has 36 heteroatoms. The average Bonchev–Trinajstić information content (AvgIpc) is 1.72. The molecule has 0 spiro atoms. The number of terminal acetylenes is 1. The molecule has 2 aromatic carbocycles. The van der Waals surface area contributed by atoms with Crippen molar-refractivity contribution in [1.29, 1.82) is 0 Å². The lowest BCUT2D eigenvalue weighted by atomic mass is 10.1. The number of rotatable bonds is 26. The Morgan fingerprint density at radius 2 is 0.922 bits per heavy atom. The fraction of sp³-hybridized carbons (Fsp3) is 0.364. The standard InChI is InChI=1S/C24H26N6O5S.C23H24N6O5S.C19H24N6O5S/c1-2-4-16-5-3-6-17(9-16)13-30-8-7-21(29-30)23(32)20-12-26-15-27-24(20)28-19-10-18(22(31)11-19)14-35-36(25,33)34;1-2-15-4-3-5-16(8-15)12-29-7-6-20(28-29)22(31)19-11-25-14-26-23(19)27-18-9-17(21(30)10-18)13-34-35(24,32)33;1-3-4-12(2)25-6-5-16(24-25)18(27)15-9-21-11-22-19(15)23-14-7-13(17(26)8-14)10-30-31(20,28)29/h3,5-9,12,15,18-19,22,31H,10-11,13-14H2,1H3,(H2,25,33,34)(H,26,27,28);1,3-8,11,14,17-18,21,30H,9-10,12-13H2,(H2,24,32,33)(H,25,26,27);5-6,9,11-14,17,26H,7-8,10H2,1-2H3,(H2,20,28,29)(H,21,22,23)/t18-,19-,22+;17-,18-,21+;12?,13-,14-,17+/m111/s1. The monoisotopic (exact) mass is 1450 g/mol. The average molecular weight is 1460 g/mol. The van der Waals surface area contributed by atoms with Gasteiger partial charge in [-0.1, -0.05) is 42.0 Å². The number of aromatic nitrogens is 12. The molecule has 0 amide bonds. The molecular weight excluding hydrogens is 1380 g/mol. The molecule has 0 saturated heterocycles. The third kappa shape index (κ3) is 21.9. The van der Waals surface area contributed by atoms with Crippen LogP contribution in [0.4, 0.5) is 17.5 Å². The van der Waals surface area contributed by atoms with Gasteiger partial charge in [-0.25, -0.2) is 45.3 Å². The van der Waals surface area contributed by atoms with Crippen LogP contribution in [0.25, 0.3) is 0 Å². The first-order chi connectivity index (χ1) is 48.6. The van der Waals surface area contributed by atoms with E-state index in [-0.39, 0.29) is 95.1 Å². The SMILES string of the molecule is C#Cc1cccc(Cn2ccc(C(=O)c3cncnc3N[C@@H]3C[C@H](COS(N)(=O)=O)[C@@H](O)C3)n2)c1.CC#CC(C)n1ccc(C(=O)c2cncnc2N[C@@H]2C[C@H](COS(N)(=O)=O)[C@@H](O)C2)n1.CC#Cc1cccc(Cn2ccc(C(=O)c3cncnc3N[C@@H]3C[C@H](COS(N)(=O)=O)[C@@H](O)C3)n2)c1. The van der Waals surface area contributed by atoms with Gasteiger partial charge in [0.2, 0.25) is 17.3 Å².